The number of carbonyl (C=O) groups is 1. The van der Waals surface area contributed by atoms with E-state index < -0.39 is 11.0 Å². The van der Waals surface area contributed by atoms with Crippen molar-refractivity contribution in [1.82, 2.24) is 5.32 Å². The predicted molar refractivity (Wildman–Crippen MR) is 102 cm³/mol. The van der Waals surface area contributed by atoms with Gasteiger partial charge in [0.1, 0.15) is 5.60 Å². The largest absolute Gasteiger partial charge is 0.382 e. The smallest absolute Gasteiger partial charge is 0.230 e. The monoisotopic (exact) mass is 371 g/mol. The highest BCUT2D eigenvalue weighted by molar-refractivity contribution is 7.10. The molecule has 0 bridgehead atoms. The highest BCUT2D eigenvalue weighted by atomic mass is 32.1. The molecule has 0 radical (unpaired) electrons. The van der Waals surface area contributed by atoms with Crippen LogP contribution < -0.4 is 5.32 Å². The first-order valence-corrected chi connectivity index (χ1v) is 10.2. The average molecular weight is 372 g/mol. The van der Waals surface area contributed by atoms with E-state index in [1.165, 1.54) is 0 Å². The number of nitrogens with one attached hydrogen (secondary N) is 1. The molecule has 26 heavy (non-hydrogen) atoms. The zero-order chi connectivity index (χ0) is 18.0. The second-order valence-corrected chi connectivity index (χ2v) is 8.37. The Morgan fingerprint density at radius 2 is 1.92 bits per heavy atom. The third-order valence-corrected chi connectivity index (χ3v) is 6.86. The number of aliphatic hydroxyl groups is 1. The minimum atomic E-state index is -0.952. The molecule has 1 aliphatic heterocycles. The second-order valence-electron chi connectivity index (χ2n) is 7.42. The van der Waals surface area contributed by atoms with E-state index in [1.807, 2.05) is 47.8 Å². The molecule has 1 saturated heterocycles. The van der Waals surface area contributed by atoms with Crippen LogP contribution >= 0.6 is 11.3 Å². The Morgan fingerprint density at radius 3 is 2.54 bits per heavy atom. The van der Waals surface area contributed by atoms with Gasteiger partial charge in [-0.15, -0.1) is 11.3 Å². The van der Waals surface area contributed by atoms with Gasteiger partial charge in [0.05, 0.1) is 12.0 Å². The van der Waals surface area contributed by atoms with E-state index >= 15 is 0 Å². The van der Waals surface area contributed by atoms with Crippen molar-refractivity contribution >= 4 is 17.2 Å². The van der Waals surface area contributed by atoms with Crippen molar-refractivity contribution in [2.24, 2.45) is 5.92 Å². The Hall–Kier alpha value is -1.69. The molecule has 138 valence electrons. The number of carbonyl (C=O) groups excluding carboxylic acids is 1. The first-order chi connectivity index (χ1) is 12.7. The van der Waals surface area contributed by atoms with Crippen LogP contribution in [-0.4, -0.2) is 30.8 Å². The Balaban J connectivity index is 1.55. The molecule has 2 aromatic rings. The van der Waals surface area contributed by atoms with Crippen LogP contribution in [0.3, 0.4) is 0 Å². The van der Waals surface area contributed by atoms with Crippen molar-refractivity contribution < 1.29 is 14.6 Å². The first kappa shape index (κ1) is 17.7. The lowest BCUT2D eigenvalue weighted by Gasteiger charge is -2.37. The Bertz CT molecular complexity index is 736. The van der Waals surface area contributed by atoms with Gasteiger partial charge in [0.2, 0.25) is 5.91 Å². The molecular formula is C21H25NO3S. The maximum atomic E-state index is 13.3. The van der Waals surface area contributed by atoms with Gasteiger partial charge in [-0.3, -0.25) is 4.79 Å². The maximum Gasteiger partial charge on any atom is 0.230 e. The summed E-state index contributed by atoms with van der Waals surface area (Å²) in [6, 6.07) is 13.9. The summed E-state index contributed by atoms with van der Waals surface area (Å²) in [6.07, 6.45) is 3.37. The highest BCUT2D eigenvalue weighted by Gasteiger charge is 2.48. The Kier molecular flexibility index (Phi) is 4.86. The summed E-state index contributed by atoms with van der Waals surface area (Å²) >= 11 is 1.56. The van der Waals surface area contributed by atoms with Gasteiger partial charge >= 0.3 is 0 Å². The van der Waals surface area contributed by atoms with E-state index in [4.69, 9.17) is 4.74 Å². The number of ether oxygens (including phenoxy) is 1. The Morgan fingerprint density at radius 1 is 1.19 bits per heavy atom. The first-order valence-electron chi connectivity index (χ1n) is 9.33. The van der Waals surface area contributed by atoms with Crippen LogP contribution in [0, 0.1) is 5.92 Å². The molecule has 0 unspecified atom stereocenters. The fraction of sp³-hybridized carbons (Fsp3) is 0.476. The van der Waals surface area contributed by atoms with E-state index in [1.54, 1.807) is 11.3 Å². The molecule has 1 aliphatic carbocycles. The van der Waals surface area contributed by atoms with Crippen LogP contribution in [0.15, 0.2) is 47.8 Å². The van der Waals surface area contributed by atoms with Gasteiger partial charge in [-0.1, -0.05) is 36.4 Å². The standard InChI is InChI=1S/C21H25NO3S/c23-19(20(10-12-25-13-11-20)16-5-2-1-3-6-16)22-15-21(24,17-8-9-17)18-7-4-14-26-18/h1-7,14,17,24H,8-13,15H2,(H,22,23)/t21-/m0/s1. The lowest BCUT2D eigenvalue weighted by molar-refractivity contribution is -0.132. The van der Waals surface area contributed by atoms with Crippen molar-refractivity contribution in [3.63, 3.8) is 0 Å². The van der Waals surface area contributed by atoms with Gasteiger partial charge in [0.15, 0.2) is 0 Å². The number of hydrogen-bond acceptors (Lipinski definition) is 4. The summed E-state index contributed by atoms with van der Waals surface area (Å²) < 4.78 is 5.52. The molecule has 1 saturated carbocycles. The minimum absolute atomic E-state index is 0.00244. The average Bonchev–Trinajstić information content (AvgIpc) is 3.41. The molecule has 2 fully saturated rings. The lowest BCUT2D eigenvalue weighted by Crippen LogP contribution is -2.51. The topological polar surface area (TPSA) is 58.6 Å². The third-order valence-electron chi connectivity index (χ3n) is 5.83. The lowest BCUT2D eigenvalue weighted by atomic mass is 9.73. The van der Waals surface area contributed by atoms with Crippen LogP contribution in [0.2, 0.25) is 0 Å². The summed E-state index contributed by atoms with van der Waals surface area (Å²) in [7, 11) is 0. The van der Waals surface area contributed by atoms with Crippen LogP contribution in [-0.2, 0) is 20.5 Å². The fourth-order valence-corrected chi connectivity index (χ4v) is 4.93. The predicted octanol–water partition coefficient (Wildman–Crippen LogP) is 3.21. The molecular weight excluding hydrogens is 346 g/mol. The quantitative estimate of drug-likeness (QED) is 0.820. The van der Waals surface area contributed by atoms with Crippen LogP contribution in [0.1, 0.15) is 36.1 Å². The summed E-state index contributed by atoms with van der Waals surface area (Å²) in [5, 5.41) is 16.4. The molecule has 1 atom stereocenters. The van der Waals surface area contributed by atoms with Crippen molar-refractivity contribution in [3.8, 4) is 0 Å². The number of amides is 1. The fourth-order valence-electron chi connectivity index (χ4n) is 4.03. The van der Waals surface area contributed by atoms with E-state index in [0.29, 0.717) is 26.1 Å². The van der Waals surface area contributed by atoms with Crippen molar-refractivity contribution in [3.05, 3.63) is 58.3 Å². The highest BCUT2D eigenvalue weighted by Crippen LogP contribution is 2.47. The van der Waals surface area contributed by atoms with Crippen LogP contribution in [0.5, 0.6) is 0 Å². The number of benzene rings is 1. The van der Waals surface area contributed by atoms with Crippen LogP contribution in [0.25, 0.3) is 0 Å². The molecule has 2 heterocycles. The summed E-state index contributed by atoms with van der Waals surface area (Å²) in [4.78, 5) is 14.3. The van der Waals surface area contributed by atoms with Crippen molar-refractivity contribution in [2.75, 3.05) is 19.8 Å². The summed E-state index contributed by atoms with van der Waals surface area (Å²) in [6.45, 7) is 1.44. The normalized spacial score (nSPS) is 21.7. The molecule has 5 heteroatoms. The zero-order valence-electron chi connectivity index (χ0n) is 14.8. The number of thiophene rings is 1. The molecule has 4 nitrogen and oxygen atoms in total. The zero-order valence-corrected chi connectivity index (χ0v) is 15.6. The Labute approximate surface area is 158 Å². The number of hydrogen-bond donors (Lipinski definition) is 2. The van der Waals surface area contributed by atoms with Crippen LogP contribution in [0.4, 0.5) is 0 Å². The van der Waals surface area contributed by atoms with Gasteiger partial charge in [-0.05, 0) is 48.6 Å². The molecule has 2 aliphatic rings. The van der Waals surface area contributed by atoms with Gasteiger partial charge < -0.3 is 15.2 Å². The molecule has 1 amide bonds. The van der Waals surface area contributed by atoms with Gasteiger partial charge in [0.25, 0.3) is 0 Å². The molecule has 1 aromatic carbocycles. The minimum Gasteiger partial charge on any atom is -0.382 e. The van der Waals surface area contributed by atoms with E-state index in [0.717, 1.165) is 23.3 Å². The second kappa shape index (κ2) is 7.14. The molecule has 4 rings (SSSR count). The van der Waals surface area contributed by atoms with E-state index in [9.17, 15) is 9.90 Å². The molecule has 2 N–H and O–H groups in total. The van der Waals surface area contributed by atoms with E-state index in [-0.39, 0.29) is 18.4 Å². The molecule has 1 aromatic heterocycles. The van der Waals surface area contributed by atoms with Crippen molar-refractivity contribution in [1.29, 1.82) is 0 Å². The number of rotatable bonds is 6. The van der Waals surface area contributed by atoms with E-state index in [2.05, 4.69) is 5.32 Å². The maximum absolute atomic E-state index is 13.3. The third kappa shape index (κ3) is 3.20. The molecule has 0 spiro atoms. The van der Waals surface area contributed by atoms with Gasteiger partial charge in [0, 0.05) is 18.1 Å². The summed E-state index contributed by atoms with van der Waals surface area (Å²) in [5.74, 6) is 0.242. The van der Waals surface area contributed by atoms with Gasteiger partial charge in [-0.25, -0.2) is 0 Å². The van der Waals surface area contributed by atoms with Gasteiger partial charge in [-0.2, -0.15) is 0 Å². The SMILES string of the molecule is O=C(NC[C@@](O)(c1cccs1)C1CC1)C1(c2ccccc2)CCOCC1. The summed E-state index contributed by atoms with van der Waals surface area (Å²) in [5.41, 5.74) is -0.487. The van der Waals surface area contributed by atoms with Crippen molar-refractivity contribution in [2.45, 2.75) is 36.7 Å².